The van der Waals surface area contributed by atoms with Crippen LogP contribution < -0.4 is 5.32 Å². The van der Waals surface area contributed by atoms with Gasteiger partial charge in [0.25, 0.3) is 0 Å². The van der Waals surface area contributed by atoms with Gasteiger partial charge < -0.3 is 5.32 Å². The first-order valence-electron chi connectivity index (χ1n) is 5.55. The van der Waals surface area contributed by atoms with Crippen molar-refractivity contribution in [3.8, 4) is 0 Å². The van der Waals surface area contributed by atoms with Gasteiger partial charge in [0, 0.05) is 13.1 Å². The summed E-state index contributed by atoms with van der Waals surface area (Å²) in [6.07, 6.45) is 2.26. The van der Waals surface area contributed by atoms with Gasteiger partial charge in [0.2, 0.25) is 21.2 Å². The lowest BCUT2D eigenvalue weighted by atomic mass is 10.0. The molecule has 1 aromatic rings. The van der Waals surface area contributed by atoms with E-state index in [1.54, 1.807) is 13.8 Å². The molecule has 0 aromatic carbocycles. The SMILES string of the molecule is CC1(C)C(=O)NCCN1S(=O)(=O)c1cnc(Cl)nc1. The van der Waals surface area contributed by atoms with E-state index < -0.39 is 15.6 Å². The standard InChI is InChI=1S/C10H13ClN4O3S/c1-10(2)8(16)12-3-4-15(10)19(17,18)7-5-13-9(11)14-6-7/h5-6H,3-4H2,1-2H3,(H,12,16). The predicted molar refractivity (Wildman–Crippen MR) is 68.0 cm³/mol. The molecule has 19 heavy (non-hydrogen) atoms. The fourth-order valence-corrected chi connectivity index (χ4v) is 3.60. The molecule has 2 heterocycles. The van der Waals surface area contributed by atoms with Gasteiger partial charge in [0.15, 0.2) is 0 Å². The third-order valence-corrected chi connectivity index (χ3v) is 5.19. The largest absolute Gasteiger partial charge is 0.353 e. The highest BCUT2D eigenvalue weighted by Gasteiger charge is 2.45. The minimum absolute atomic E-state index is 0.0328. The molecular weight excluding hydrogens is 292 g/mol. The van der Waals surface area contributed by atoms with Crippen LogP contribution in [0.5, 0.6) is 0 Å². The third kappa shape index (κ3) is 2.43. The van der Waals surface area contributed by atoms with Crippen LogP contribution in [0.4, 0.5) is 0 Å². The molecule has 0 atom stereocenters. The van der Waals surface area contributed by atoms with Gasteiger partial charge >= 0.3 is 0 Å². The van der Waals surface area contributed by atoms with Crippen LogP contribution in [-0.4, -0.2) is 47.2 Å². The Kier molecular flexibility index (Phi) is 3.50. The van der Waals surface area contributed by atoms with Gasteiger partial charge in [-0.15, -0.1) is 0 Å². The maximum absolute atomic E-state index is 12.5. The Balaban J connectivity index is 2.44. The lowest BCUT2D eigenvalue weighted by Crippen LogP contribution is -2.63. The van der Waals surface area contributed by atoms with E-state index in [0.29, 0.717) is 0 Å². The summed E-state index contributed by atoms with van der Waals surface area (Å²) in [6, 6.07) is 0. The monoisotopic (exact) mass is 304 g/mol. The van der Waals surface area contributed by atoms with E-state index in [1.807, 2.05) is 0 Å². The van der Waals surface area contributed by atoms with Crippen molar-refractivity contribution < 1.29 is 13.2 Å². The van der Waals surface area contributed by atoms with Crippen LogP contribution in [0.1, 0.15) is 13.8 Å². The Bertz CT molecular complexity index is 600. The number of nitrogens with one attached hydrogen (secondary N) is 1. The number of nitrogens with zero attached hydrogens (tertiary/aromatic N) is 3. The van der Waals surface area contributed by atoms with Crippen molar-refractivity contribution in [3.63, 3.8) is 0 Å². The molecule has 1 fully saturated rings. The Hall–Kier alpha value is -1.25. The Morgan fingerprint density at radius 1 is 1.37 bits per heavy atom. The summed E-state index contributed by atoms with van der Waals surface area (Å²) in [7, 11) is -3.83. The van der Waals surface area contributed by atoms with Gasteiger partial charge in [0.1, 0.15) is 10.4 Å². The Morgan fingerprint density at radius 2 is 1.95 bits per heavy atom. The molecule has 1 saturated heterocycles. The van der Waals surface area contributed by atoms with Crippen LogP contribution in [0.15, 0.2) is 17.3 Å². The van der Waals surface area contributed by atoms with Crippen molar-refractivity contribution in [1.82, 2.24) is 19.6 Å². The molecule has 0 unspecified atom stereocenters. The smallest absolute Gasteiger partial charge is 0.247 e. The molecule has 0 bridgehead atoms. The summed E-state index contributed by atoms with van der Waals surface area (Å²) in [4.78, 5) is 19.0. The molecule has 1 N–H and O–H groups in total. The number of rotatable bonds is 2. The predicted octanol–water partition coefficient (Wildman–Crippen LogP) is 0.0291. The third-order valence-electron chi connectivity index (χ3n) is 2.96. The first kappa shape index (κ1) is 14.2. The van der Waals surface area contributed by atoms with Gasteiger partial charge in [-0.3, -0.25) is 4.79 Å². The molecular formula is C10H13ClN4O3S. The van der Waals surface area contributed by atoms with Crippen LogP contribution in [0.3, 0.4) is 0 Å². The van der Waals surface area contributed by atoms with Gasteiger partial charge in [-0.2, -0.15) is 4.31 Å². The maximum atomic E-state index is 12.5. The molecule has 1 aromatic heterocycles. The van der Waals surface area contributed by atoms with Crippen LogP contribution in [0, 0.1) is 0 Å². The number of halogens is 1. The van der Waals surface area contributed by atoms with Crippen molar-refractivity contribution in [3.05, 3.63) is 17.7 Å². The maximum Gasteiger partial charge on any atom is 0.247 e. The van der Waals surface area contributed by atoms with E-state index in [1.165, 1.54) is 0 Å². The molecule has 104 valence electrons. The zero-order valence-electron chi connectivity index (χ0n) is 10.4. The summed E-state index contributed by atoms with van der Waals surface area (Å²) in [5.41, 5.74) is -1.16. The molecule has 7 nitrogen and oxygen atoms in total. The average molecular weight is 305 g/mol. The van der Waals surface area contributed by atoms with Crippen molar-refractivity contribution in [2.75, 3.05) is 13.1 Å². The van der Waals surface area contributed by atoms with Crippen LogP contribution >= 0.6 is 11.6 Å². The number of carbonyl (C=O) groups excluding carboxylic acids is 1. The second-order valence-corrected chi connectivity index (χ2v) is 6.78. The van der Waals surface area contributed by atoms with Gasteiger partial charge in [-0.1, -0.05) is 0 Å². The fourth-order valence-electron chi connectivity index (χ4n) is 1.86. The van der Waals surface area contributed by atoms with Crippen LogP contribution in [0.2, 0.25) is 5.28 Å². The molecule has 0 spiro atoms. The highest BCUT2D eigenvalue weighted by molar-refractivity contribution is 7.89. The molecule has 0 aliphatic carbocycles. The van der Waals surface area contributed by atoms with Crippen LogP contribution in [0.25, 0.3) is 0 Å². The molecule has 1 amide bonds. The van der Waals surface area contributed by atoms with Crippen LogP contribution in [-0.2, 0) is 14.8 Å². The van der Waals surface area contributed by atoms with E-state index in [0.717, 1.165) is 16.7 Å². The summed E-state index contributed by atoms with van der Waals surface area (Å²) in [5, 5.41) is 2.60. The summed E-state index contributed by atoms with van der Waals surface area (Å²) < 4.78 is 26.1. The van der Waals surface area contributed by atoms with E-state index in [9.17, 15) is 13.2 Å². The average Bonchev–Trinajstić information content (AvgIpc) is 2.33. The second-order valence-electron chi connectivity index (χ2n) is 4.58. The summed E-state index contributed by atoms with van der Waals surface area (Å²) in [6.45, 7) is 3.57. The van der Waals surface area contributed by atoms with Gasteiger partial charge in [0.05, 0.1) is 12.4 Å². The summed E-state index contributed by atoms with van der Waals surface area (Å²) >= 11 is 5.53. The van der Waals surface area contributed by atoms with E-state index in [2.05, 4.69) is 15.3 Å². The minimum Gasteiger partial charge on any atom is -0.353 e. The number of sulfonamides is 1. The second kappa shape index (κ2) is 4.69. The molecule has 0 radical (unpaired) electrons. The number of piperazine rings is 1. The van der Waals surface area contributed by atoms with Gasteiger partial charge in [-0.25, -0.2) is 18.4 Å². The topological polar surface area (TPSA) is 92.3 Å². The number of carbonyl (C=O) groups is 1. The quantitative estimate of drug-likeness (QED) is 0.778. The molecule has 0 saturated carbocycles. The van der Waals surface area contributed by atoms with Crippen molar-refractivity contribution in [1.29, 1.82) is 0 Å². The highest BCUT2D eigenvalue weighted by atomic mass is 35.5. The first-order valence-corrected chi connectivity index (χ1v) is 7.37. The normalized spacial score (nSPS) is 20.1. The van der Waals surface area contributed by atoms with Gasteiger partial charge in [-0.05, 0) is 25.4 Å². The Morgan fingerprint density at radius 3 is 2.53 bits per heavy atom. The van der Waals surface area contributed by atoms with Crippen molar-refractivity contribution in [2.24, 2.45) is 0 Å². The number of aromatic nitrogens is 2. The lowest BCUT2D eigenvalue weighted by molar-refractivity contribution is -0.131. The number of amides is 1. The lowest BCUT2D eigenvalue weighted by Gasteiger charge is -2.39. The zero-order chi connectivity index (χ0) is 14.3. The summed E-state index contributed by atoms with van der Waals surface area (Å²) in [5.74, 6) is -0.336. The van der Waals surface area contributed by atoms with E-state index in [4.69, 9.17) is 11.6 Å². The van der Waals surface area contributed by atoms with E-state index in [-0.39, 0.29) is 29.2 Å². The zero-order valence-corrected chi connectivity index (χ0v) is 12.0. The molecule has 1 aliphatic heterocycles. The van der Waals surface area contributed by atoms with Crippen molar-refractivity contribution in [2.45, 2.75) is 24.3 Å². The molecule has 2 rings (SSSR count). The highest BCUT2D eigenvalue weighted by Crippen LogP contribution is 2.26. The number of hydrogen-bond donors (Lipinski definition) is 1. The minimum atomic E-state index is -3.83. The Labute approximate surface area is 116 Å². The van der Waals surface area contributed by atoms with E-state index >= 15 is 0 Å². The molecule has 1 aliphatic rings. The number of hydrogen-bond acceptors (Lipinski definition) is 5. The first-order chi connectivity index (χ1) is 8.76. The molecule has 9 heteroatoms. The fraction of sp³-hybridized carbons (Fsp3) is 0.500. The van der Waals surface area contributed by atoms with Crippen molar-refractivity contribution >= 4 is 27.5 Å².